The van der Waals surface area contributed by atoms with Crippen molar-refractivity contribution < 1.29 is 22.8 Å². The van der Waals surface area contributed by atoms with Crippen molar-refractivity contribution in [1.82, 2.24) is 0 Å². The minimum atomic E-state index is -4.61. The second kappa shape index (κ2) is 11.4. The Morgan fingerprint density at radius 3 is 2.20 bits per heavy atom. The van der Waals surface area contributed by atoms with Crippen LogP contribution in [-0.2, 0) is 11.2 Å². The van der Waals surface area contributed by atoms with Gasteiger partial charge in [0, 0.05) is 16.9 Å². The van der Waals surface area contributed by atoms with E-state index in [1.54, 1.807) is 30.3 Å². The van der Waals surface area contributed by atoms with E-state index in [1.165, 1.54) is 24.3 Å². The fraction of sp³-hybridized carbons (Fsp3) is 0.212. The van der Waals surface area contributed by atoms with Gasteiger partial charge in [-0.15, -0.1) is 0 Å². The Morgan fingerprint density at radius 2 is 1.50 bits per heavy atom. The van der Waals surface area contributed by atoms with Crippen LogP contribution in [0.1, 0.15) is 52.7 Å². The summed E-state index contributed by atoms with van der Waals surface area (Å²) >= 11 is 0. The van der Waals surface area contributed by atoms with Gasteiger partial charge in [-0.25, -0.2) is 0 Å². The molecule has 7 heteroatoms. The summed E-state index contributed by atoms with van der Waals surface area (Å²) in [6.45, 7) is 0.657. The molecule has 1 N–H and O–H groups in total. The third-order valence-electron chi connectivity index (χ3n) is 7.17. The highest BCUT2D eigenvalue weighted by atomic mass is 19.4. The number of hydrogen-bond acceptors (Lipinski definition) is 2. The van der Waals surface area contributed by atoms with Gasteiger partial charge in [0.15, 0.2) is 0 Å². The largest absolute Gasteiger partial charge is 0.406 e. The fourth-order valence-corrected chi connectivity index (χ4v) is 5.33. The molecule has 0 saturated carbocycles. The quantitative estimate of drug-likeness (QED) is 0.245. The zero-order valence-corrected chi connectivity index (χ0v) is 22.0. The Morgan fingerprint density at radius 1 is 0.825 bits per heavy atom. The van der Waals surface area contributed by atoms with Gasteiger partial charge >= 0.3 is 6.18 Å². The number of benzene rings is 4. The lowest BCUT2D eigenvalue weighted by molar-refractivity contribution is -0.132. The van der Waals surface area contributed by atoms with Crippen LogP contribution in [0.2, 0.25) is 0 Å². The van der Waals surface area contributed by atoms with Crippen molar-refractivity contribution in [3.63, 3.8) is 0 Å². The summed E-state index contributed by atoms with van der Waals surface area (Å²) in [5.41, 5.74) is 5.24. The molecule has 2 amide bonds. The van der Waals surface area contributed by atoms with Crippen molar-refractivity contribution in [2.24, 2.45) is 0 Å². The average molecular weight is 543 g/mol. The minimum absolute atomic E-state index is 0.108. The van der Waals surface area contributed by atoms with E-state index >= 15 is 0 Å². The number of rotatable bonds is 8. The number of anilines is 2. The van der Waals surface area contributed by atoms with Gasteiger partial charge in [-0.1, -0.05) is 74.0 Å². The van der Waals surface area contributed by atoms with E-state index < -0.39 is 24.5 Å². The maximum atomic E-state index is 14.2. The summed E-state index contributed by atoms with van der Waals surface area (Å²) in [5, 5.41) is 2.75. The first kappa shape index (κ1) is 27.2. The Bertz CT molecular complexity index is 1520. The molecule has 4 aromatic carbocycles. The van der Waals surface area contributed by atoms with Gasteiger partial charge in [-0.05, 0) is 77.1 Å². The van der Waals surface area contributed by atoms with Crippen molar-refractivity contribution in [2.45, 2.75) is 38.3 Å². The van der Waals surface area contributed by atoms with Crippen molar-refractivity contribution in [3.8, 4) is 11.1 Å². The van der Waals surface area contributed by atoms with Crippen LogP contribution in [0.5, 0.6) is 0 Å². The van der Waals surface area contributed by atoms with Crippen molar-refractivity contribution in [2.75, 3.05) is 16.8 Å². The molecule has 1 unspecified atom stereocenters. The SMILES string of the molecule is CCCCc1cccc2c1C(C(=O)N(CC(F)(F)F)c1ccc(NC(=O)c3ccccc3)cc1)c1ccccc1-2. The van der Waals surface area contributed by atoms with Gasteiger partial charge in [-0.3, -0.25) is 9.59 Å². The van der Waals surface area contributed by atoms with Crippen molar-refractivity contribution >= 4 is 23.2 Å². The van der Waals surface area contributed by atoms with E-state index in [0.29, 0.717) is 16.8 Å². The molecule has 0 saturated heterocycles. The van der Waals surface area contributed by atoms with Crippen LogP contribution in [0.15, 0.2) is 97.1 Å². The topological polar surface area (TPSA) is 49.4 Å². The monoisotopic (exact) mass is 542 g/mol. The van der Waals surface area contributed by atoms with Crippen LogP contribution in [0.3, 0.4) is 0 Å². The Kier molecular flexibility index (Phi) is 7.74. The number of amides is 2. The number of carbonyl (C=O) groups is 2. The molecule has 1 atom stereocenters. The first-order chi connectivity index (χ1) is 19.3. The molecule has 0 bridgehead atoms. The fourth-order valence-electron chi connectivity index (χ4n) is 5.33. The summed E-state index contributed by atoms with van der Waals surface area (Å²) in [7, 11) is 0. The van der Waals surface area contributed by atoms with E-state index in [2.05, 4.69) is 12.2 Å². The average Bonchev–Trinajstić information content (AvgIpc) is 3.30. The third-order valence-corrected chi connectivity index (χ3v) is 7.17. The molecule has 0 aliphatic heterocycles. The lowest BCUT2D eigenvalue weighted by Gasteiger charge is -2.28. The molecule has 1 aliphatic rings. The van der Waals surface area contributed by atoms with E-state index in [4.69, 9.17) is 0 Å². The molecule has 4 aromatic rings. The highest BCUT2D eigenvalue weighted by molar-refractivity contribution is 6.06. The van der Waals surface area contributed by atoms with Gasteiger partial charge in [0.05, 0.1) is 5.92 Å². The molecular formula is C33H29F3N2O2. The number of carbonyl (C=O) groups excluding carboxylic acids is 2. The molecule has 4 nitrogen and oxygen atoms in total. The second-order valence-electron chi connectivity index (χ2n) is 9.91. The van der Waals surface area contributed by atoms with Crippen LogP contribution >= 0.6 is 0 Å². The molecular weight excluding hydrogens is 513 g/mol. The molecule has 0 fully saturated rings. The van der Waals surface area contributed by atoms with Crippen molar-refractivity contribution in [1.29, 1.82) is 0 Å². The van der Waals surface area contributed by atoms with Gasteiger partial charge in [0.1, 0.15) is 6.54 Å². The Hall–Kier alpha value is -4.39. The maximum absolute atomic E-state index is 14.2. The zero-order chi connectivity index (χ0) is 28.3. The maximum Gasteiger partial charge on any atom is 0.406 e. The predicted molar refractivity (Wildman–Crippen MR) is 152 cm³/mol. The number of unbranched alkanes of at least 4 members (excludes halogenated alkanes) is 1. The third kappa shape index (κ3) is 5.64. The number of fused-ring (bicyclic) bond motifs is 3. The van der Waals surface area contributed by atoms with Gasteiger partial charge in [-0.2, -0.15) is 13.2 Å². The molecule has 0 heterocycles. The van der Waals surface area contributed by atoms with Gasteiger partial charge < -0.3 is 10.2 Å². The summed E-state index contributed by atoms with van der Waals surface area (Å²) in [6.07, 6.45) is -2.00. The Balaban J connectivity index is 1.50. The second-order valence-corrected chi connectivity index (χ2v) is 9.91. The van der Waals surface area contributed by atoms with Crippen LogP contribution in [-0.4, -0.2) is 24.5 Å². The Labute approximate surface area is 231 Å². The number of hydrogen-bond donors (Lipinski definition) is 1. The normalized spacial score (nSPS) is 13.8. The first-order valence-corrected chi connectivity index (χ1v) is 13.3. The van der Waals surface area contributed by atoms with Crippen LogP contribution in [0, 0.1) is 0 Å². The number of nitrogens with zero attached hydrogens (tertiary/aromatic N) is 1. The summed E-state index contributed by atoms with van der Waals surface area (Å²) in [5.74, 6) is -1.82. The van der Waals surface area contributed by atoms with Crippen LogP contribution < -0.4 is 10.2 Å². The van der Waals surface area contributed by atoms with E-state index in [1.807, 2.05) is 42.5 Å². The van der Waals surface area contributed by atoms with Crippen LogP contribution in [0.4, 0.5) is 24.5 Å². The standard InChI is InChI=1S/C33H29F3N2O2/c1-2-3-10-22-13-9-16-27-26-14-7-8-15-28(26)30(29(22)27)32(40)38(21-33(34,35)36)25-19-17-24(18-20-25)37-31(39)23-11-5-4-6-12-23/h4-9,11-20,30H,2-3,10,21H2,1H3,(H,37,39). The van der Waals surface area contributed by atoms with E-state index in [0.717, 1.165) is 46.4 Å². The molecule has 5 rings (SSSR count). The van der Waals surface area contributed by atoms with E-state index in [9.17, 15) is 22.8 Å². The van der Waals surface area contributed by atoms with Gasteiger partial charge in [0.2, 0.25) is 5.91 Å². The van der Waals surface area contributed by atoms with Crippen molar-refractivity contribution in [3.05, 3.63) is 119 Å². The minimum Gasteiger partial charge on any atom is -0.322 e. The van der Waals surface area contributed by atoms with E-state index in [-0.39, 0.29) is 11.6 Å². The van der Waals surface area contributed by atoms with Crippen LogP contribution in [0.25, 0.3) is 11.1 Å². The summed E-state index contributed by atoms with van der Waals surface area (Å²) in [6, 6.07) is 27.8. The smallest absolute Gasteiger partial charge is 0.322 e. The molecule has 40 heavy (non-hydrogen) atoms. The zero-order valence-electron chi connectivity index (χ0n) is 22.0. The highest BCUT2D eigenvalue weighted by Gasteiger charge is 2.41. The summed E-state index contributed by atoms with van der Waals surface area (Å²) in [4.78, 5) is 27.5. The first-order valence-electron chi connectivity index (χ1n) is 13.3. The lowest BCUT2D eigenvalue weighted by Crippen LogP contribution is -2.41. The summed E-state index contributed by atoms with van der Waals surface area (Å²) < 4.78 is 41.6. The number of nitrogens with one attached hydrogen (secondary N) is 1. The molecule has 1 aliphatic carbocycles. The molecule has 0 aromatic heterocycles. The van der Waals surface area contributed by atoms with Gasteiger partial charge in [0.25, 0.3) is 5.91 Å². The highest BCUT2D eigenvalue weighted by Crippen LogP contribution is 2.48. The molecule has 204 valence electrons. The number of aryl methyl sites for hydroxylation is 1. The predicted octanol–water partition coefficient (Wildman–Crippen LogP) is 7.99. The molecule has 0 spiro atoms. The molecule has 0 radical (unpaired) electrons. The number of alkyl halides is 3. The lowest BCUT2D eigenvalue weighted by atomic mass is 9.89. The number of halogens is 3.